The molecule has 0 aromatic heterocycles. The Hall–Kier alpha value is -3.84. The first-order valence-corrected chi connectivity index (χ1v) is 12.6. The Bertz CT molecular complexity index is 1200. The minimum Gasteiger partial charge on any atom is -0.478 e. The van der Waals surface area contributed by atoms with Crippen LogP contribution in [0.2, 0.25) is 5.02 Å². The first-order valence-electron chi connectivity index (χ1n) is 12.3. The molecule has 3 rings (SSSR count). The number of alkyl halides is 3. The van der Waals surface area contributed by atoms with E-state index in [2.05, 4.69) is 15.1 Å². The Morgan fingerprint density at radius 2 is 1.45 bits per heavy atom. The third-order valence-electron chi connectivity index (χ3n) is 6.03. The van der Waals surface area contributed by atoms with Gasteiger partial charge < -0.3 is 25.3 Å². The van der Waals surface area contributed by atoms with E-state index in [0.29, 0.717) is 62.1 Å². The Morgan fingerprint density at radius 3 is 1.93 bits per heavy atom. The number of benzene rings is 2. The first kappa shape index (κ1) is 32.4. The van der Waals surface area contributed by atoms with Gasteiger partial charge in [-0.05, 0) is 56.3 Å². The Morgan fingerprint density at radius 1 is 0.925 bits per heavy atom. The van der Waals surface area contributed by atoms with Crippen molar-refractivity contribution in [3.63, 3.8) is 0 Å². The zero-order valence-corrected chi connectivity index (χ0v) is 22.6. The number of carboxylic acids is 2. The normalized spacial score (nSPS) is 13.6. The van der Waals surface area contributed by atoms with Gasteiger partial charge in [-0.15, -0.1) is 0 Å². The highest BCUT2D eigenvalue weighted by molar-refractivity contribution is 6.30. The van der Waals surface area contributed by atoms with Crippen molar-refractivity contribution in [2.45, 2.75) is 20.0 Å². The molecule has 0 spiro atoms. The van der Waals surface area contributed by atoms with Gasteiger partial charge in [0.25, 0.3) is 5.91 Å². The average molecular weight is 587 g/mol. The summed E-state index contributed by atoms with van der Waals surface area (Å²) in [5, 5.41) is 19.9. The lowest BCUT2D eigenvalue weighted by Crippen LogP contribution is -2.50. The molecule has 14 heteroatoms. The van der Waals surface area contributed by atoms with E-state index in [-0.39, 0.29) is 17.4 Å². The number of aliphatic carboxylic acids is 1. The first-order chi connectivity index (χ1) is 18.8. The summed E-state index contributed by atoms with van der Waals surface area (Å²) in [7, 11) is 0. The van der Waals surface area contributed by atoms with Crippen molar-refractivity contribution in [1.82, 2.24) is 9.80 Å². The lowest BCUT2D eigenvalue weighted by atomic mass is 10.1. The monoisotopic (exact) mass is 586 g/mol. The number of piperazine rings is 1. The number of nitrogens with one attached hydrogen (secondary N) is 1. The van der Waals surface area contributed by atoms with Crippen molar-refractivity contribution in [3.8, 4) is 0 Å². The Kier molecular flexibility index (Phi) is 11.7. The van der Waals surface area contributed by atoms with E-state index in [1.165, 1.54) is 12.1 Å². The molecule has 1 saturated heterocycles. The van der Waals surface area contributed by atoms with Crippen LogP contribution >= 0.6 is 11.6 Å². The summed E-state index contributed by atoms with van der Waals surface area (Å²) >= 11 is 5.90. The number of halogens is 4. The van der Waals surface area contributed by atoms with Crippen molar-refractivity contribution in [1.29, 1.82) is 0 Å². The number of carboxylic acid groups (broad SMARTS) is 2. The van der Waals surface area contributed by atoms with Gasteiger partial charge in [0.15, 0.2) is 0 Å². The van der Waals surface area contributed by atoms with E-state index in [1.807, 2.05) is 18.7 Å². The van der Waals surface area contributed by atoms with E-state index in [0.717, 1.165) is 5.69 Å². The molecule has 2 aromatic rings. The molecule has 0 unspecified atom stereocenters. The standard InChI is InChI=1S/C24H29ClN4O4.C2HF3O2/c1-3-28(4-2)22(30)16-27-11-13-29(14-12-27)21-10-7-18(24(32)33)15-20(21)26-23(31)17-5-8-19(25)9-6-17;3-2(4,5)1(6)7/h5-10,15H,3-4,11-14,16H2,1-2H3,(H,26,31)(H,32,33);(H,6,7). The zero-order chi connectivity index (χ0) is 30.0. The summed E-state index contributed by atoms with van der Waals surface area (Å²) in [6.07, 6.45) is -5.08. The maximum absolute atomic E-state index is 12.8. The maximum Gasteiger partial charge on any atom is 0.490 e. The third kappa shape index (κ3) is 9.42. The second-order valence-electron chi connectivity index (χ2n) is 8.63. The number of carbonyl (C=O) groups is 4. The number of hydrogen-bond donors (Lipinski definition) is 3. The summed E-state index contributed by atoms with van der Waals surface area (Å²) in [4.78, 5) is 51.6. The van der Waals surface area contributed by atoms with Gasteiger partial charge in [0.05, 0.1) is 23.5 Å². The van der Waals surface area contributed by atoms with Crippen molar-refractivity contribution < 1.29 is 42.6 Å². The van der Waals surface area contributed by atoms with Gasteiger partial charge in [-0.1, -0.05) is 11.6 Å². The summed E-state index contributed by atoms with van der Waals surface area (Å²) in [6.45, 7) is 8.41. The van der Waals surface area contributed by atoms with Crippen LogP contribution in [-0.2, 0) is 9.59 Å². The highest BCUT2D eigenvalue weighted by Crippen LogP contribution is 2.29. The molecule has 1 heterocycles. The molecular formula is C26H30ClF3N4O6. The van der Waals surface area contributed by atoms with Crippen LogP contribution in [0.25, 0.3) is 0 Å². The van der Waals surface area contributed by atoms with Crippen LogP contribution in [0.5, 0.6) is 0 Å². The topological polar surface area (TPSA) is 130 Å². The molecule has 0 atom stereocenters. The SMILES string of the molecule is CCN(CC)C(=O)CN1CCN(c2ccc(C(=O)O)cc2NC(=O)c2ccc(Cl)cc2)CC1.O=C(O)C(F)(F)F. The van der Waals surface area contributed by atoms with E-state index >= 15 is 0 Å². The molecular weight excluding hydrogens is 557 g/mol. The van der Waals surface area contributed by atoms with Crippen LogP contribution in [0, 0.1) is 0 Å². The number of rotatable bonds is 8. The smallest absolute Gasteiger partial charge is 0.478 e. The van der Waals surface area contributed by atoms with Crippen molar-refractivity contribution in [2.75, 3.05) is 56.0 Å². The molecule has 40 heavy (non-hydrogen) atoms. The van der Waals surface area contributed by atoms with Crippen LogP contribution < -0.4 is 10.2 Å². The molecule has 0 aliphatic carbocycles. The third-order valence-corrected chi connectivity index (χ3v) is 6.28. The highest BCUT2D eigenvalue weighted by atomic mass is 35.5. The van der Waals surface area contributed by atoms with Crippen molar-refractivity contribution >= 4 is 46.7 Å². The lowest BCUT2D eigenvalue weighted by Gasteiger charge is -2.37. The van der Waals surface area contributed by atoms with Gasteiger partial charge in [0, 0.05) is 49.9 Å². The number of anilines is 2. The van der Waals surface area contributed by atoms with Gasteiger partial charge in [-0.2, -0.15) is 13.2 Å². The van der Waals surface area contributed by atoms with Gasteiger partial charge >= 0.3 is 18.1 Å². The van der Waals surface area contributed by atoms with Crippen LogP contribution in [0.4, 0.5) is 24.5 Å². The molecule has 3 N–H and O–H groups in total. The molecule has 1 aliphatic rings. The molecule has 1 aliphatic heterocycles. The molecule has 1 fully saturated rings. The number of carbonyl (C=O) groups excluding carboxylic acids is 2. The second-order valence-corrected chi connectivity index (χ2v) is 9.07. The quantitative estimate of drug-likeness (QED) is 0.424. The van der Waals surface area contributed by atoms with Gasteiger partial charge in [0.1, 0.15) is 0 Å². The van der Waals surface area contributed by atoms with Crippen LogP contribution in [0.1, 0.15) is 34.6 Å². The molecule has 0 saturated carbocycles. The summed E-state index contributed by atoms with van der Waals surface area (Å²) < 4.78 is 31.7. The predicted molar refractivity (Wildman–Crippen MR) is 143 cm³/mol. The minimum absolute atomic E-state index is 0.0913. The lowest BCUT2D eigenvalue weighted by molar-refractivity contribution is -0.192. The Labute approximate surface area is 233 Å². The minimum atomic E-state index is -5.08. The van der Waals surface area contributed by atoms with Gasteiger partial charge in [-0.25, -0.2) is 9.59 Å². The van der Waals surface area contributed by atoms with E-state index in [4.69, 9.17) is 21.5 Å². The summed E-state index contributed by atoms with van der Waals surface area (Å²) in [5.41, 5.74) is 1.69. The Balaban J connectivity index is 0.000000708. The zero-order valence-electron chi connectivity index (χ0n) is 21.9. The van der Waals surface area contributed by atoms with Crippen molar-refractivity contribution in [3.05, 3.63) is 58.6 Å². The predicted octanol–water partition coefficient (Wildman–Crippen LogP) is 3.91. The average Bonchev–Trinajstić information content (AvgIpc) is 2.90. The summed E-state index contributed by atoms with van der Waals surface area (Å²) in [6, 6.07) is 11.2. The molecule has 0 radical (unpaired) electrons. The largest absolute Gasteiger partial charge is 0.490 e. The maximum atomic E-state index is 12.8. The summed E-state index contributed by atoms with van der Waals surface area (Å²) in [5.74, 6) is -4.05. The van der Waals surface area contributed by atoms with Crippen molar-refractivity contribution in [2.24, 2.45) is 0 Å². The number of aromatic carboxylic acids is 1. The van der Waals surface area contributed by atoms with Gasteiger partial charge in [0.2, 0.25) is 5.91 Å². The van der Waals surface area contributed by atoms with E-state index in [9.17, 15) is 32.7 Å². The van der Waals surface area contributed by atoms with E-state index in [1.54, 1.807) is 30.3 Å². The molecule has 2 amide bonds. The molecule has 0 bridgehead atoms. The molecule has 10 nitrogen and oxygen atoms in total. The fraction of sp³-hybridized carbons (Fsp3) is 0.385. The fourth-order valence-electron chi connectivity index (χ4n) is 3.86. The van der Waals surface area contributed by atoms with E-state index < -0.39 is 18.1 Å². The number of likely N-dealkylation sites (N-methyl/N-ethyl adjacent to an activating group) is 1. The highest BCUT2D eigenvalue weighted by Gasteiger charge is 2.38. The number of nitrogens with zero attached hydrogens (tertiary/aromatic N) is 3. The second kappa shape index (κ2) is 14.5. The van der Waals surface area contributed by atoms with Crippen LogP contribution in [-0.4, -0.2) is 95.8 Å². The molecule has 2 aromatic carbocycles. The van der Waals surface area contributed by atoms with Crippen LogP contribution in [0.3, 0.4) is 0 Å². The molecule has 218 valence electrons. The number of hydrogen-bond acceptors (Lipinski definition) is 6. The fourth-order valence-corrected chi connectivity index (χ4v) is 3.98. The van der Waals surface area contributed by atoms with Gasteiger partial charge in [-0.3, -0.25) is 14.5 Å². The van der Waals surface area contributed by atoms with Crippen LogP contribution in [0.15, 0.2) is 42.5 Å². The number of amides is 2.